The number of hydrogen-bond donors (Lipinski definition) is 0. The topological polar surface area (TPSA) is 91.1 Å². The van der Waals surface area contributed by atoms with E-state index in [0.29, 0.717) is 66.4 Å². The van der Waals surface area contributed by atoms with E-state index in [4.69, 9.17) is 19.2 Å². The van der Waals surface area contributed by atoms with Gasteiger partial charge in [0.05, 0.1) is 38.2 Å². The molecule has 1 saturated heterocycles. The zero-order valence-corrected chi connectivity index (χ0v) is 18.4. The van der Waals surface area contributed by atoms with Crippen molar-refractivity contribution in [1.29, 1.82) is 0 Å². The SMILES string of the molecule is CC[C@@H](Sc1nc2cc(OC)c(OC)cc2c2nc(C)nn12)C(=O)N1CCOCC1. The van der Waals surface area contributed by atoms with E-state index in [1.165, 1.54) is 11.8 Å². The van der Waals surface area contributed by atoms with Crippen molar-refractivity contribution in [3.63, 3.8) is 0 Å². The summed E-state index contributed by atoms with van der Waals surface area (Å²) in [5.74, 6) is 1.92. The summed E-state index contributed by atoms with van der Waals surface area (Å²) >= 11 is 1.42. The number of hydrogen-bond acceptors (Lipinski definition) is 8. The van der Waals surface area contributed by atoms with Crippen LogP contribution in [0.4, 0.5) is 0 Å². The minimum atomic E-state index is -0.263. The Bertz CT molecular complexity index is 1080. The molecule has 3 heterocycles. The van der Waals surface area contributed by atoms with Crippen LogP contribution in [0.15, 0.2) is 17.3 Å². The standard InChI is InChI=1S/C20H25N5O4S/c1-5-17(19(26)24-6-8-29-9-7-24)30-20-22-14-11-16(28-4)15(27-3)10-13(14)18-21-12(2)23-25(18)20/h10-11,17H,5-9H2,1-4H3/t17-/m1/s1. The van der Waals surface area contributed by atoms with Crippen LogP contribution in [0.25, 0.3) is 16.6 Å². The van der Waals surface area contributed by atoms with Gasteiger partial charge in [0.15, 0.2) is 22.3 Å². The van der Waals surface area contributed by atoms with Crippen LogP contribution in [0.2, 0.25) is 0 Å². The fourth-order valence-electron chi connectivity index (χ4n) is 3.51. The molecule has 0 bridgehead atoms. The lowest BCUT2D eigenvalue weighted by atomic mass is 10.2. The maximum atomic E-state index is 13.1. The average Bonchev–Trinajstić information content (AvgIpc) is 3.18. The van der Waals surface area contributed by atoms with Gasteiger partial charge in [0.25, 0.3) is 0 Å². The monoisotopic (exact) mass is 431 g/mol. The van der Waals surface area contributed by atoms with Crippen LogP contribution in [0.1, 0.15) is 19.2 Å². The Morgan fingerprint density at radius 1 is 1.20 bits per heavy atom. The van der Waals surface area contributed by atoms with Crippen LogP contribution in [-0.2, 0) is 9.53 Å². The molecule has 160 valence electrons. The minimum absolute atomic E-state index is 0.102. The van der Waals surface area contributed by atoms with Crippen molar-refractivity contribution < 1.29 is 19.0 Å². The zero-order valence-electron chi connectivity index (χ0n) is 17.5. The molecule has 1 amide bonds. The zero-order chi connectivity index (χ0) is 21.3. The lowest BCUT2D eigenvalue weighted by Gasteiger charge is -2.29. The summed E-state index contributed by atoms with van der Waals surface area (Å²) in [5, 5.41) is 5.70. The second kappa shape index (κ2) is 8.65. The van der Waals surface area contributed by atoms with Gasteiger partial charge < -0.3 is 19.1 Å². The van der Waals surface area contributed by atoms with Crippen LogP contribution in [0.3, 0.4) is 0 Å². The molecule has 2 aromatic heterocycles. The van der Waals surface area contributed by atoms with Crippen molar-refractivity contribution in [2.24, 2.45) is 0 Å². The van der Waals surface area contributed by atoms with E-state index in [9.17, 15) is 4.79 Å². The third-order valence-corrected chi connectivity index (χ3v) is 6.36. The Balaban J connectivity index is 1.77. The number of nitrogens with zero attached hydrogens (tertiary/aromatic N) is 5. The quantitative estimate of drug-likeness (QED) is 0.434. The number of aromatic nitrogens is 4. The predicted molar refractivity (Wildman–Crippen MR) is 113 cm³/mol. The highest BCUT2D eigenvalue weighted by Crippen LogP contribution is 2.35. The highest BCUT2D eigenvalue weighted by molar-refractivity contribution is 8.00. The van der Waals surface area contributed by atoms with Gasteiger partial charge in [0.1, 0.15) is 5.82 Å². The van der Waals surface area contributed by atoms with Gasteiger partial charge in [-0.2, -0.15) is 4.52 Å². The number of methoxy groups -OCH3 is 2. The highest BCUT2D eigenvalue weighted by Gasteiger charge is 2.27. The Morgan fingerprint density at radius 2 is 1.90 bits per heavy atom. The molecule has 0 radical (unpaired) electrons. The lowest BCUT2D eigenvalue weighted by molar-refractivity contribution is -0.134. The van der Waals surface area contributed by atoms with Crippen molar-refractivity contribution in [3.05, 3.63) is 18.0 Å². The molecule has 1 fully saturated rings. The van der Waals surface area contributed by atoms with Crippen molar-refractivity contribution in [2.45, 2.75) is 30.7 Å². The number of thioether (sulfide) groups is 1. The molecule has 1 aromatic carbocycles. The summed E-state index contributed by atoms with van der Waals surface area (Å²) in [4.78, 5) is 24.3. The molecule has 3 aromatic rings. The predicted octanol–water partition coefficient (Wildman–Crippen LogP) is 2.33. The third-order valence-electron chi connectivity index (χ3n) is 5.07. The Labute approximate surface area is 178 Å². The maximum absolute atomic E-state index is 13.1. The minimum Gasteiger partial charge on any atom is -0.493 e. The van der Waals surface area contributed by atoms with Crippen molar-refractivity contribution >= 4 is 34.2 Å². The van der Waals surface area contributed by atoms with Gasteiger partial charge in [-0.05, 0) is 19.4 Å². The molecule has 4 rings (SSSR count). The number of amides is 1. The molecule has 0 saturated carbocycles. The molecule has 0 spiro atoms. The van der Waals surface area contributed by atoms with Gasteiger partial charge in [0, 0.05) is 24.5 Å². The molecule has 30 heavy (non-hydrogen) atoms. The van der Waals surface area contributed by atoms with E-state index >= 15 is 0 Å². The van der Waals surface area contributed by atoms with Crippen LogP contribution < -0.4 is 9.47 Å². The largest absolute Gasteiger partial charge is 0.493 e. The van der Waals surface area contributed by atoms with Crippen LogP contribution in [0.5, 0.6) is 11.5 Å². The van der Waals surface area contributed by atoms with E-state index in [0.717, 1.165) is 5.39 Å². The first kappa shape index (κ1) is 20.7. The number of aryl methyl sites for hydroxylation is 1. The molecule has 9 nitrogen and oxygen atoms in total. The highest BCUT2D eigenvalue weighted by atomic mass is 32.2. The number of carbonyl (C=O) groups is 1. The molecule has 1 atom stereocenters. The van der Waals surface area contributed by atoms with Crippen molar-refractivity contribution in [3.8, 4) is 11.5 Å². The lowest BCUT2D eigenvalue weighted by Crippen LogP contribution is -2.44. The smallest absolute Gasteiger partial charge is 0.236 e. The van der Waals surface area contributed by atoms with Gasteiger partial charge >= 0.3 is 0 Å². The van der Waals surface area contributed by atoms with Crippen LogP contribution in [-0.4, -0.2) is 76.2 Å². The molecule has 0 unspecified atom stereocenters. The molecule has 1 aliphatic heterocycles. The number of carbonyl (C=O) groups excluding carboxylic acids is 1. The fraction of sp³-hybridized carbons (Fsp3) is 0.500. The number of benzene rings is 1. The summed E-state index contributed by atoms with van der Waals surface area (Å²) in [6.07, 6.45) is 0.682. The molecule has 10 heteroatoms. The van der Waals surface area contributed by atoms with Crippen molar-refractivity contribution in [1.82, 2.24) is 24.5 Å². The summed E-state index contributed by atoms with van der Waals surface area (Å²) in [6, 6.07) is 3.68. The number of morpholine rings is 1. The van der Waals surface area contributed by atoms with E-state index in [1.807, 2.05) is 30.9 Å². The summed E-state index contributed by atoms with van der Waals surface area (Å²) in [7, 11) is 3.18. The molecule has 0 N–H and O–H groups in total. The number of fused-ring (bicyclic) bond motifs is 3. The van der Waals surface area contributed by atoms with Gasteiger partial charge in [-0.1, -0.05) is 18.7 Å². The van der Waals surface area contributed by atoms with Gasteiger partial charge in [-0.3, -0.25) is 4.79 Å². The second-order valence-corrected chi connectivity index (χ2v) is 8.14. The normalized spacial score (nSPS) is 15.5. The molecular formula is C20H25N5O4S. The van der Waals surface area contributed by atoms with Crippen LogP contribution in [0, 0.1) is 6.92 Å². The number of rotatable bonds is 6. The Hall–Kier alpha value is -2.59. The summed E-state index contributed by atoms with van der Waals surface area (Å²) < 4.78 is 18.0. The Kier molecular flexibility index (Phi) is 5.96. The van der Waals surface area contributed by atoms with Gasteiger partial charge in [-0.15, -0.1) is 5.10 Å². The second-order valence-electron chi connectivity index (χ2n) is 6.97. The van der Waals surface area contributed by atoms with Crippen molar-refractivity contribution in [2.75, 3.05) is 40.5 Å². The maximum Gasteiger partial charge on any atom is 0.236 e. The summed E-state index contributed by atoms with van der Waals surface area (Å²) in [5.41, 5.74) is 1.39. The summed E-state index contributed by atoms with van der Waals surface area (Å²) in [6.45, 7) is 6.25. The molecule has 0 aliphatic carbocycles. The Morgan fingerprint density at radius 3 is 2.57 bits per heavy atom. The van der Waals surface area contributed by atoms with E-state index in [1.54, 1.807) is 18.7 Å². The first-order valence-corrected chi connectivity index (χ1v) is 10.8. The van der Waals surface area contributed by atoms with Gasteiger partial charge in [0.2, 0.25) is 5.91 Å². The fourth-order valence-corrected chi connectivity index (χ4v) is 4.56. The van der Waals surface area contributed by atoms with Gasteiger partial charge in [-0.25, -0.2) is 9.97 Å². The first-order valence-electron chi connectivity index (χ1n) is 9.88. The third kappa shape index (κ3) is 3.77. The first-order chi connectivity index (χ1) is 14.5. The average molecular weight is 432 g/mol. The van der Waals surface area contributed by atoms with E-state index in [-0.39, 0.29) is 11.2 Å². The molecule has 1 aliphatic rings. The molecular weight excluding hydrogens is 406 g/mol. The van der Waals surface area contributed by atoms with E-state index < -0.39 is 0 Å². The van der Waals surface area contributed by atoms with E-state index in [2.05, 4.69) is 10.1 Å². The number of ether oxygens (including phenoxy) is 3. The van der Waals surface area contributed by atoms with Crippen LogP contribution >= 0.6 is 11.8 Å².